The minimum Gasteiger partial charge on any atom is -0.190 e. The highest BCUT2D eigenvalue weighted by atomic mass is 19.1. The molecule has 1 heterocycles. The largest absolute Gasteiger partial charge is 0.218 e. The van der Waals surface area contributed by atoms with Gasteiger partial charge in [0.25, 0.3) is 0 Å². The third-order valence-corrected chi connectivity index (χ3v) is 5.78. The van der Waals surface area contributed by atoms with Crippen molar-refractivity contribution >= 4 is 0 Å². The molecule has 2 saturated carbocycles. The van der Waals surface area contributed by atoms with Gasteiger partial charge in [-0.2, -0.15) is 13.8 Å². The van der Waals surface area contributed by atoms with Crippen molar-refractivity contribution in [3.8, 4) is 0 Å². The fourth-order valence-electron chi connectivity index (χ4n) is 4.39. The second-order valence-corrected chi connectivity index (χ2v) is 7.15. The van der Waals surface area contributed by atoms with Gasteiger partial charge in [-0.25, -0.2) is 0 Å². The molecule has 0 atom stereocenters. The number of nitrogens with zero attached hydrogens (tertiary/aromatic N) is 1. The van der Waals surface area contributed by atoms with Crippen molar-refractivity contribution in [1.29, 1.82) is 0 Å². The lowest BCUT2D eigenvalue weighted by Crippen LogP contribution is -2.25. The van der Waals surface area contributed by atoms with E-state index in [-0.39, 0.29) is 5.92 Å². The van der Waals surface area contributed by atoms with Crippen molar-refractivity contribution < 1.29 is 8.78 Å². The maximum Gasteiger partial charge on any atom is 0.218 e. The van der Waals surface area contributed by atoms with Crippen molar-refractivity contribution in [1.82, 2.24) is 4.98 Å². The number of aromatic nitrogens is 1. The highest BCUT2D eigenvalue weighted by molar-refractivity contribution is 5.17. The standard InChI is InChI=1S/C18H25F2N/c1-12-2-4-13(5-3-12)14-6-8-15(9-7-14)16-10-11-17(19)21-18(16)20/h10-15H,2-9H2,1H3/t12-,13-,14-,15-. The molecule has 0 N–H and O–H groups in total. The summed E-state index contributed by atoms with van der Waals surface area (Å²) in [4.78, 5) is 3.33. The van der Waals surface area contributed by atoms with Crippen molar-refractivity contribution in [3.63, 3.8) is 0 Å². The van der Waals surface area contributed by atoms with Gasteiger partial charge in [0.15, 0.2) is 0 Å². The number of halogens is 2. The van der Waals surface area contributed by atoms with Crippen LogP contribution in [0.5, 0.6) is 0 Å². The van der Waals surface area contributed by atoms with Crippen LogP contribution >= 0.6 is 0 Å². The van der Waals surface area contributed by atoms with Crippen LogP contribution in [0.25, 0.3) is 0 Å². The van der Waals surface area contributed by atoms with E-state index < -0.39 is 11.9 Å². The van der Waals surface area contributed by atoms with Crippen LogP contribution in [0.4, 0.5) is 8.78 Å². The van der Waals surface area contributed by atoms with Crippen molar-refractivity contribution in [2.45, 2.75) is 64.2 Å². The molecule has 2 fully saturated rings. The van der Waals surface area contributed by atoms with Crippen molar-refractivity contribution in [2.24, 2.45) is 17.8 Å². The quantitative estimate of drug-likeness (QED) is 0.660. The van der Waals surface area contributed by atoms with Crippen LogP contribution < -0.4 is 0 Å². The molecule has 0 bridgehead atoms. The van der Waals surface area contributed by atoms with Crippen LogP contribution in [0, 0.1) is 29.6 Å². The van der Waals surface area contributed by atoms with Gasteiger partial charge in [-0.05, 0) is 74.3 Å². The Hall–Kier alpha value is -0.990. The zero-order valence-corrected chi connectivity index (χ0v) is 12.8. The number of pyridine rings is 1. The molecule has 1 aromatic heterocycles. The molecule has 0 spiro atoms. The smallest absolute Gasteiger partial charge is 0.190 e. The van der Waals surface area contributed by atoms with Gasteiger partial charge in [-0.15, -0.1) is 0 Å². The Labute approximate surface area is 126 Å². The van der Waals surface area contributed by atoms with Crippen molar-refractivity contribution in [3.05, 3.63) is 29.6 Å². The second kappa shape index (κ2) is 6.41. The Morgan fingerprint density at radius 3 is 2.00 bits per heavy atom. The van der Waals surface area contributed by atoms with Gasteiger partial charge in [0.05, 0.1) is 0 Å². The van der Waals surface area contributed by atoms with Crippen LogP contribution in [-0.2, 0) is 0 Å². The molecule has 116 valence electrons. The van der Waals surface area contributed by atoms with E-state index >= 15 is 0 Å². The molecule has 0 unspecified atom stereocenters. The summed E-state index contributed by atoms with van der Waals surface area (Å²) in [5.41, 5.74) is 0.618. The molecule has 1 nitrogen and oxygen atoms in total. The van der Waals surface area contributed by atoms with Crippen molar-refractivity contribution in [2.75, 3.05) is 0 Å². The molecule has 0 amide bonds. The van der Waals surface area contributed by atoms with Gasteiger partial charge < -0.3 is 0 Å². The predicted octanol–water partition coefficient (Wildman–Crippen LogP) is 5.46. The first-order chi connectivity index (χ1) is 10.1. The Morgan fingerprint density at radius 1 is 0.857 bits per heavy atom. The summed E-state index contributed by atoms with van der Waals surface area (Å²) < 4.78 is 26.7. The summed E-state index contributed by atoms with van der Waals surface area (Å²) in [6.07, 6.45) is 9.96. The number of hydrogen-bond acceptors (Lipinski definition) is 1. The zero-order valence-electron chi connectivity index (χ0n) is 12.8. The molecule has 21 heavy (non-hydrogen) atoms. The third-order valence-electron chi connectivity index (χ3n) is 5.78. The Morgan fingerprint density at radius 2 is 1.43 bits per heavy atom. The molecule has 3 rings (SSSR count). The van der Waals surface area contributed by atoms with E-state index in [0.717, 1.165) is 30.6 Å². The summed E-state index contributed by atoms with van der Waals surface area (Å²) in [7, 11) is 0. The fourth-order valence-corrected chi connectivity index (χ4v) is 4.39. The minimum atomic E-state index is -0.721. The van der Waals surface area contributed by atoms with Crippen LogP contribution in [-0.4, -0.2) is 4.98 Å². The van der Waals surface area contributed by atoms with E-state index in [4.69, 9.17) is 0 Å². The van der Waals surface area contributed by atoms with E-state index in [0.29, 0.717) is 5.56 Å². The first kappa shape index (κ1) is 14.9. The van der Waals surface area contributed by atoms with E-state index in [1.54, 1.807) is 6.07 Å². The molecule has 1 aromatic rings. The van der Waals surface area contributed by atoms with Crippen LogP contribution in [0.2, 0.25) is 0 Å². The maximum absolute atomic E-state index is 13.8. The Bertz CT molecular complexity index is 472. The van der Waals surface area contributed by atoms with Gasteiger partial charge in [-0.3, -0.25) is 0 Å². The Kier molecular flexibility index (Phi) is 4.56. The van der Waals surface area contributed by atoms with Gasteiger partial charge in [-0.1, -0.05) is 19.8 Å². The third kappa shape index (κ3) is 3.44. The molecule has 0 saturated heterocycles. The molecule has 2 aliphatic carbocycles. The first-order valence-corrected chi connectivity index (χ1v) is 8.45. The van der Waals surface area contributed by atoms with Gasteiger partial charge in [0.1, 0.15) is 0 Å². The van der Waals surface area contributed by atoms with Gasteiger partial charge in [0.2, 0.25) is 11.9 Å². The lowest BCUT2D eigenvalue weighted by Gasteiger charge is -2.37. The normalized spacial score (nSPS) is 33.9. The fraction of sp³-hybridized carbons (Fsp3) is 0.722. The zero-order chi connectivity index (χ0) is 14.8. The molecule has 0 radical (unpaired) electrons. The SMILES string of the molecule is C[C@H]1CC[C@H]([C@H]2CC[C@H](c3ccc(F)nc3F)CC2)CC1. The lowest BCUT2D eigenvalue weighted by molar-refractivity contribution is 0.164. The minimum absolute atomic E-state index is 0.233. The first-order valence-electron chi connectivity index (χ1n) is 8.45. The molecular weight excluding hydrogens is 268 g/mol. The van der Waals surface area contributed by atoms with E-state index in [2.05, 4.69) is 11.9 Å². The number of rotatable bonds is 2. The Balaban J connectivity index is 1.57. The molecule has 0 aliphatic heterocycles. The highest BCUT2D eigenvalue weighted by Gasteiger charge is 2.31. The van der Waals surface area contributed by atoms with Crippen LogP contribution in [0.15, 0.2) is 12.1 Å². The van der Waals surface area contributed by atoms with E-state index in [9.17, 15) is 8.78 Å². The molecule has 0 aromatic carbocycles. The highest BCUT2D eigenvalue weighted by Crippen LogP contribution is 2.44. The molecule has 2 aliphatic rings. The number of hydrogen-bond donors (Lipinski definition) is 0. The van der Waals surface area contributed by atoms with Crippen LogP contribution in [0.3, 0.4) is 0 Å². The average molecular weight is 293 g/mol. The predicted molar refractivity (Wildman–Crippen MR) is 80.0 cm³/mol. The van der Waals surface area contributed by atoms with Gasteiger partial charge in [0, 0.05) is 5.56 Å². The van der Waals surface area contributed by atoms with E-state index in [1.165, 1.54) is 44.6 Å². The summed E-state index contributed by atoms with van der Waals surface area (Å²) in [6.45, 7) is 2.36. The van der Waals surface area contributed by atoms with E-state index in [1.807, 2.05) is 0 Å². The molecule has 3 heteroatoms. The molecular formula is C18H25F2N. The summed E-state index contributed by atoms with van der Waals surface area (Å²) in [5.74, 6) is 1.52. The van der Waals surface area contributed by atoms with Crippen LogP contribution in [0.1, 0.15) is 69.8 Å². The second-order valence-electron chi connectivity index (χ2n) is 7.15. The summed E-state index contributed by atoms with van der Waals surface area (Å²) in [5, 5.41) is 0. The monoisotopic (exact) mass is 293 g/mol. The van der Waals surface area contributed by atoms with Gasteiger partial charge >= 0.3 is 0 Å². The topological polar surface area (TPSA) is 12.9 Å². The summed E-state index contributed by atoms with van der Waals surface area (Å²) >= 11 is 0. The average Bonchev–Trinajstić information content (AvgIpc) is 2.48. The lowest BCUT2D eigenvalue weighted by atomic mass is 9.68. The summed E-state index contributed by atoms with van der Waals surface area (Å²) in [6, 6.07) is 2.87. The maximum atomic E-state index is 13.8.